The van der Waals surface area contributed by atoms with Gasteiger partial charge in [-0.2, -0.15) is 0 Å². The summed E-state index contributed by atoms with van der Waals surface area (Å²) >= 11 is 0. The number of ether oxygens (including phenoxy) is 3. The summed E-state index contributed by atoms with van der Waals surface area (Å²) in [4.78, 5) is 7.66. The summed E-state index contributed by atoms with van der Waals surface area (Å²) in [5.41, 5.74) is 1.23. The molecular formula is C25H41IN4O3. The lowest BCUT2D eigenvalue weighted by molar-refractivity contribution is 0.0530. The molecule has 0 radical (unpaired) electrons. The number of rotatable bonds is 8. The minimum absolute atomic E-state index is 0. The molecule has 2 saturated heterocycles. The van der Waals surface area contributed by atoms with Crippen molar-refractivity contribution in [1.82, 2.24) is 15.5 Å². The highest BCUT2D eigenvalue weighted by Crippen LogP contribution is 2.41. The van der Waals surface area contributed by atoms with Crippen LogP contribution in [0.2, 0.25) is 0 Å². The van der Waals surface area contributed by atoms with Crippen molar-refractivity contribution in [2.75, 3.05) is 52.7 Å². The molecule has 186 valence electrons. The number of hydrogen-bond donors (Lipinski definition) is 2. The van der Waals surface area contributed by atoms with Crippen molar-refractivity contribution >= 4 is 29.9 Å². The molecule has 3 aliphatic rings. The zero-order valence-corrected chi connectivity index (χ0v) is 22.6. The predicted octanol–water partition coefficient (Wildman–Crippen LogP) is 3.90. The van der Waals surface area contributed by atoms with Crippen LogP contribution >= 0.6 is 24.0 Å². The lowest BCUT2D eigenvalue weighted by Crippen LogP contribution is -2.43. The van der Waals surface area contributed by atoms with Crippen LogP contribution in [-0.2, 0) is 10.2 Å². The van der Waals surface area contributed by atoms with E-state index in [1.54, 1.807) is 0 Å². The molecule has 2 N–H and O–H groups in total. The number of guanidine groups is 1. The van der Waals surface area contributed by atoms with Gasteiger partial charge < -0.3 is 29.7 Å². The van der Waals surface area contributed by atoms with E-state index in [0.717, 1.165) is 82.2 Å². The first-order valence-electron chi connectivity index (χ1n) is 12.4. The molecule has 1 aromatic rings. The van der Waals surface area contributed by atoms with Gasteiger partial charge in [-0.15, -0.1) is 24.0 Å². The van der Waals surface area contributed by atoms with E-state index in [2.05, 4.69) is 41.5 Å². The van der Waals surface area contributed by atoms with Crippen LogP contribution in [0, 0.1) is 0 Å². The number of hydrogen-bond acceptors (Lipinski definition) is 5. The largest absolute Gasteiger partial charge is 0.454 e. The minimum atomic E-state index is -0.0369. The molecule has 2 fully saturated rings. The Morgan fingerprint density at radius 1 is 1.15 bits per heavy atom. The molecule has 0 aliphatic carbocycles. The number of nitrogens with one attached hydrogen (secondary N) is 2. The molecule has 33 heavy (non-hydrogen) atoms. The third kappa shape index (κ3) is 6.88. The van der Waals surface area contributed by atoms with Crippen LogP contribution < -0.4 is 20.1 Å². The summed E-state index contributed by atoms with van der Waals surface area (Å²) in [7, 11) is 0. The Kier molecular flexibility index (Phi) is 10.4. The third-order valence-electron chi connectivity index (χ3n) is 7.17. The highest BCUT2D eigenvalue weighted by atomic mass is 127. The van der Waals surface area contributed by atoms with Gasteiger partial charge in [0.2, 0.25) is 6.79 Å². The highest BCUT2D eigenvalue weighted by molar-refractivity contribution is 14.0. The first kappa shape index (κ1) is 26.3. The molecule has 1 aromatic carbocycles. The van der Waals surface area contributed by atoms with Crippen LogP contribution in [0.15, 0.2) is 23.2 Å². The minimum Gasteiger partial charge on any atom is -0.454 e. The van der Waals surface area contributed by atoms with Crippen molar-refractivity contribution in [3.8, 4) is 11.5 Å². The summed E-state index contributed by atoms with van der Waals surface area (Å²) in [5, 5.41) is 6.99. The Morgan fingerprint density at radius 2 is 1.97 bits per heavy atom. The summed E-state index contributed by atoms with van der Waals surface area (Å²) in [6, 6.07) is 7.07. The van der Waals surface area contributed by atoms with E-state index in [1.807, 2.05) is 6.07 Å². The molecule has 0 spiro atoms. The van der Waals surface area contributed by atoms with E-state index in [-0.39, 0.29) is 29.4 Å². The average Bonchev–Trinajstić information content (AvgIpc) is 3.30. The molecule has 0 aromatic heterocycles. The number of nitrogens with zero attached hydrogens (tertiary/aromatic N) is 2. The molecule has 0 amide bonds. The van der Waals surface area contributed by atoms with E-state index in [0.29, 0.717) is 6.79 Å². The van der Waals surface area contributed by atoms with E-state index >= 15 is 0 Å². The normalized spacial score (nSPS) is 22.5. The molecule has 4 rings (SSSR count). The Hall–Kier alpha value is -1.26. The van der Waals surface area contributed by atoms with Gasteiger partial charge in [0.25, 0.3) is 0 Å². The van der Waals surface area contributed by atoms with E-state index in [9.17, 15) is 0 Å². The predicted molar refractivity (Wildman–Crippen MR) is 143 cm³/mol. The maximum absolute atomic E-state index is 5.70. The fourth-order valence-electron chi connectivity index (χ4n) is 5.08. The Bertz CT molecular complexity index is 770. The van der Waals surface area contributed by atoms with Gasteiger partial charge in [-0.3, -0.25) is 4.99 Å². The van der Waals surface area contributed by atoms with Gasteiger partial charge in [0.1, 0.15) is 0 Å². The Morgan fingerprint density at radius 3 is 2.76 bits per heavy atom. The summed E-state index contributed by atoms with van der Waals surface area (Å²) in [5.74, 6) is 2.58. The maximum atomic E-state index is 5.70. The number of aliphatic imine (C=N–C) groups is 1. The van der Waals surface area contributed by atoms with Crippen molar-refractivity contribution in [2.24, 2.45) is 4.99 Å². The fraction of sp³-hybridized carbons (Fsp3) is 0.720. The molecule has 3 aliphatic heterocycles. The maximum Gasteiger partial charge on any atom is 0.231 e. The van der Waals surface area contributed by atoms with Crippen LogP contribution in [0.5, 0.6) is 11.5 Å². The second-order valence-electron chi connectivity index (χ2n) is 9.32. The summed E-state index contributed by atoms with van der Waals surface area (Å²) in [6.45, 7) is 11.2. The number of benzene rings is 1. The number of halogens is 1. The van der Waals surface area contributed by atoms with Crippen LogP contribution in [0.3, 0.4) is 0 Å². The fourth-order valence-corrected chi connectivity index (χ4v) is 5.08. The first-order valence-corrected chi connectivity index (χ1v) is 12.4. The smallest absolute Gasteiger partial charge is 0.231 e. The summed E-state index contributed by atoms with van der Waals surface area (Å²) < 4.78 is 16.9. The van der Waals surface area contributed by atoms with Crippen LogP contribution in [0.25, 0.3) is 0 Å². The second kappa shape index (κ2) is 13.0. The standard InChI is InChI=1S/C25H40N4O3.HI/c1-3-26-24(27-12-6-14-29-13-5-4-7-20(29)2)28-18-25(10-15-30-16-11-25)21-8-9-22-23(17-21)32-19-31-22;/h8-9,17,20H,3-7,10-16,18-19H2,1-2H3,(H2,26,27,28);1H. The van der Waals surface area contributed by atoms with Crippen LogP contribution in [-0.4, -0.2) is 69.6 Å². The molecule has 1 atom stereocenters. The molecule has 7 nitrogen and oxygen atoms in total. The van der Waals surface area contributed by atoms with E-state index < -0.39 is 0 Å². The van der Waals surface area contributed by atoms with Crippen molar-refractivity contribution in [1.29, 1.82) is 0 Å². The zero-order valence-electron chi connectivity index (χ0n) is 20.2. The monoisotopic (exact) mass is 572 g/mol. The lowest BCUT2D eigenvalue weighted by Gasteiger charge is -2.36. The molecular weight excluding hydrogens is 531 g/mol. The molecule has 8 heteroatoms. The molecule has 3 heterocycles. The van der Waals surface area contributed by atoms with Crippen molar-refractivity contribution in [2.45, 2.75) is 63.8 Å². The number of fused-ring (bicyclic) bond motifs is 1. The molecule has 0 bridgehead atoms. The summed E-state index contributed by atoms with van der Waals surface area (Å²) in [6.07, 6.45) is 7.11. The third-order valence-corrected chi connectivity index (χ3v) is 7.17. The lowest BCUT2D eigenvalue weighted by atomic mass is 9.74. The van der Waals surface area contributed by atoms with Gasteiger partial charge in [0.15, 0.2) is 17.5 Å². The second-order valence-corrected chi connectivity index (χ2v) is 9.32. The van der Waals surface area contributed by atoms with Crippen molar-refractivity contribution in [3.63, 3.8) is 0 Å². The SMILES string of the molecule is CCNC(=NCC1(c2ccc3c(c2)OCO3)CCOCC1)NCCCN1CCCCC1C.I. The molecule has 0 saturated carbocycles. The average molecular weight is 573 g/mol. The van der Waals surface area contributed by atoms with Gasteiger partial charge in [0.05, 0.1) is 6.54 Å². The van der Waals surface area contributed by atoms with E-state index in [1.165, 1.54) is 31.4 Å². The zero-order chi connectivity index (χ0) is 22.2. The molecule has 1 unspecified atom stereocenters. The topological polar surface area (TPSA) is 67.4 Å². The van der Waals surface area contributed by atoms with Crippen LogP contribution in [0.1, 0.15) is 57.9 Å². The van der Waals surface area contributed by atoms with E-state index in [4.69, 9.17) is 19.2 Å². The van der Waals surface area contributed by atoms with Gasteiger partial charge in [-0.1, -0.05) is 12.5 Å². The van der Waals surface area contributed by atoms with Crippen molar-refractivity contribution < 1.29 is 14.2 Å². The highest BCUT2D eigenvalue weighted by Gasteiger charge is 2.35. The Balaban J connectivity index is 0.00000306. The number of likely N-dealkylation sites (tertiary alicyclic amines) is 1. The van der Waals surface area contributed by atoms with Gasteiger partial charge in [-0.25, -0.2) is 0 Å². The van der Waals surface area contributed by atoms with Gasteiger partial charge in [0, 0.05) is 44.3 Å². The number of piperidine rings is 1. The quantitative estimate of drug-likeness (QED) is 0.213. The van der Waals surface area contributed by atoms with Gasteiger partial charge >= 0.3 is 0 Å². The van der Waals surface area contributed by atoms with Crippen molar-refractivity contribution in [3.05, 3.63) is 23.8 Å². The first-order chi connectivity index (χ1) is 15.7. The van der Waals surface area contributed by atoms with Crippen LogP contribution in [0.4, 0.5) is 0 Å². The Labute approximate surface area is 216 Å². The van der Waals surface area contributed by atoms with Gasteiger partial charge in [-0.05, 0) is 70.2 Å².